The zero-order valence-electron chi connectivity index (χ0n) is 12.0. The maximum atomic E-state index is 5.56. The number of hydrogen-bond acceptors (Lipinski definition) is 6. The van der Waals surface area contributed by atoms with Crippen LogP contribution in [0, 0.1) is 0 Å². The number of aryl methyl sites for hydroxylation is 1. The molecule has 1 atom stereocenters. The van der Waals surface area contributed by atoms with Crippen LogP contribution in [0.4, 0.5) is 6.01 Å². The normalized spacial score (nSPS) is 12.5. The van der Waals surface area contributed by atoms with E-state index in [1.54, 1.807) is 6.20 Å². The third-order valence-electron chi connectivity index (χ3n) is 2.94. The predicted octanol–water partition coefficient (Wildman–Crippen LogP) is 1.83. The van der Waals surface area contributed by atoms with Crippen LogP contribution in [0.3, 0.4) is 0 Å². The van der Waals surface area contributed by atoms with Crippen LogP contribution >= 0.6 is 0 Å². The van der Waals surface area contributed by atoms with Crippen molar-refractivity contribution in [3.63, 3.8) is 0 Å². The summed E-state index contributed by atoms with van der Waals surface area (Å²) in [6, 6.07) is 0.569. The second-order valence-electron chi connectivity index (χ2n) is 4.70. The zero-order chi connectivity index (χ0) is 14.2. The summed E-state index contributed by atoms with van der Waals surface area (Å²) >= 11 is 0. The van der Waals surface area contributed by atoms with Crippen LogP contribution in [-0.2, 0) is 6.54 Å². The highest BCUT2D eigenvalue weighted by Crippen LogP contribution is 2.13. The molecule has 0 amide bonds. The number of anilines is 1. The number of nitrogens with zero attached hydrogens (tertiary/aromatic N) is 4. The number of rotatable bonds is 9. The molecular formula is C13H22N6O. The SMILES string of the molecule is CCCNC(C)c1nnc(NCCCn2ccnc2)o1. The molecule has 0 saturated carbocycles. The van der Waals surface area contributed by atoms with Crippen molar-refractivity contribution >= 4 is 6.01 Å². The second kappa shape index (κ2) is 7.64. The van der Waals surface area contributed by atoms with Gasteiger partial charge < -0.3 is 19.6 Å². The van der Waals surface area contributed by atoms with Gasteiger partial charge in [-0.2, -0.15) is 0 Å². The Kier molecular flexibility index (Phi) is 5.55. The van der Waals surface area contributed by atoms with E-state index in [1.807, 2.05) is 24.0 Å². The van der Waals surface area contributed by atoms with Gasteiger partial charge in [0.25, 0.3) is 0 Å². The molecule has 0 aliphatic rings. The number of hydrogen-bond donors (Lipinski definition) is 2. The lowest BCUT2D eigenvalue weighted by Gasteiger charge is -2.07. The first-order valence-corrected chi connectivity index (χ1v) is 7.06. The molecule has 0 fully saturated rings. The Bertz CT molecular complexity index is 481. The van der Waals surface area contributed by atoms with E-state index in [0.717, 1.165) is 32.5 Å². The summed E-state index contributed by atoms with van der Waals surface area (Å²) in [7, 11) is 0. The highest BCUT2D eigenvalue weighted by atomic mass is 16.4. The van der Waals surface area contributed by atoms with Crippen molar-refractivity contribution in [2.45, 2.75) is 39.3 Å². The van der Waals surface area contributed by atoms with Crippen molar-refractivity contribution < 1.29 is 4.42 Å². The fraction of sp³-hybridized carbons (Fsp3) is 0.615. The Morgan fingerprint density at radius 1 is 1.35 bits per heavy atom. The predicted molar refractivity (Wildman–Crippen MR) is 76.3 cm³/mol. The van der Waals surface area contributed by atoms with E-state index in [-0.39, 0.29) is 6.04 Å². The number of aromatic nitrogens is 4. The smallest absolute Gasteiger partial charge is 0.315 e. The van der Waals surface area contributed by atoms with Crippen LogP contribution < -0.4 is 10.6 Å². The molecule has 0 aromatic carbocycles. The molecular weight excluding hydrogens is 256 g/mol. The average molecular weight is 278 g/mol. The molecule has 7 heteroatoms. The van der Waals surface area contributed by atoms with Crippen molar-refractivity contribution in [2.24, 2.45) is 0 Å². The van der Waals surface area contributed by atoms with Gasteiger partial charge in [-0.05, 0) is 26.3 Å². The monoisotopic (exact) mass is 278 g/mol. The standard InChI is InChI=1S/C13H22N6O/c1-3-5-15-11(2)12-17-18-13(20-12)16-6-4-8-19-9-7-14-10-19/h7,9-11,15H,3-6,8H2,1-2H3,(H,16,18). The third kappa shape index (κ3) is 4.34. The van der Waals surface area contributed by atoms with E-state index in [2.05, 4.69) is 32.7 Å². The summed E-state index contributed by atoms with van der Waals surface area (Å²) in [4.78, 5) is 4.00. The van der Waals surface area contributed by atoms with Crippen molar-refractivity contribution in [3.05, 3.63) is 24.6 Å². The molecule has 0 spiro atoms. The first-order chi connectivity index (χ1) is 9.79. The lowest BCUT2D eigenvalue weighted by atomic mass is 10.3. The van der Waals surface area contributed by atoms with E-state index in [1.165, 1.54) is 0 Å². The van der Waals surface area contributed by atoms with Crippen LogP contribution in [0.5, 0.6) is 0 Å². The molecule has 0 aliphatic heterocycles. The summed E-state index contributed by atoms with van der Waals surface area (Å²) in [5.74, 6) is 0.621. The average Bonchev–Trinajstić information content (AvgIpc) is 3.12. The molecule has 0 aliphatic carbocycles. The Morgan fingerprint density at radius 2 is 2.25 bits per heavy atom. The van der Waals surface area contributed by atoms with E-state index in [0.29, 0.717) is 11.9 Å². The number of nitrogens with one attached hydrogen (secondary N) is 2. The van der Waals surface area contributed by atoms with Gasteiger partial charge in [-0.3, -0.25) is 0 Å². The van der Waals surface area contributed by atoms with Crippen molar-refractivity contribution in [1.29, 1.82) is 0 Å². The molecule has 2 rings (SSSR count). The topological polar surface area (TPSA) is 80.8 Å². The van der Waals surface area contributed by atoms with Crippen LogP contribution in [0.2, 0.25) is 0 Å². The Morgan fingerprint density at radius 3 is 3.00 bits per heavy atom. The highest BCUT2D eigenvalue weighted by molar-refractivity contribution is 5.16. The molecule has 0 saturated heterocycles. The largest absolute Gasteiger partial charge is 0.406 e. The summed E-state index contributed by atoms with van der Waals surface area (Å²) in [6.45, 7) is 6.79. The van der Waals surface area contributed by atoms with Crippen LogP contribution in [0.15, 0.2) is 23.1 Å². The minimum Gasteiger partial charge on any atom is -0.406 e. The Hall–Kier alpha value is -1.89. The zero-order valence-corrected chi connectivity index (χ0v) is 12.0. The highest BCUT2D eigenvalue weighted by Gasteiger charge is 2.12. The lowest BCUT2D eigenvalue weighted by Crippen LogP contribution is -2.19. The maximum absolute atomic E-state index is 5.56. The summed E-state index contributed by atoms with van der Waals surface area (Å²) in [5.41, 5.74) is 0. The molecule has 7 nitrogen and oxygen atoms in total. The Balaban J connectivity index is 1.69. The Labute approximate surface area is 118 Å². The van der Waals surface area contributed by atoms with Gasteiger partial charge in [0.2, 0.25) is 5.89 Å². The van der Waals surface area contributed by atoms with Crippen LogP contribution in [-0.4, -0.2) is 32.8 Å². The van der Waals surface area contributed by atoms with Gasteiger partial charge in [-0.25, -0.2) is 4.98 Å². The third-order valence-corrected chi connectivity index (χ3v) is 2.94. The fourth-order valence-electron chi connectivity index (χ4n) is 1.81. The molecule has 2 aromatic heterocycles. The van der Waals surface area contributed by atoms with Crippen molar-refractivity contribution in [2.75, 3.05) is 18.4 Å². The van der Waals surface area contributed by atoms with Crippen LogP contribution in [0.1, 0.15) is 38.6 Å². The molecule has 0 bridgehead atoms. The summed E-state index contributed by atoms with van der Waals surface area (Å²) in [5, 5.41) is 14.5. The maximum Gasteiger partial charge on any atom is 0.315 e. The second-order valence-corrected chi connectivity index (χ2v) is 4.70. The lowest BCUT2D eigenvalue weighted by molar-refractivity contribution is 0.422. The molecule has 1 unspecified atom stereocenters. The van der Waals surface area contributed by atoms with Gasteiger partial charge in [-0.15, -0.1) is 5.10 Å². The van der Waals surface area contributed by atoms with Gasteiger partial charge in [0.1, 0.15) is 0 Å². The van der Waals surface area contributed by atoms with Gasteiger partial charge in [0, 0.05) is 25.5 Å². The molecule has 0 radical (unpaired) electrons. The minimum atomic E-state index is 0.0870. The minimum absolute atomic E-state index is 0.0870. The van der Waals surface area contributed by atoms with Crippen molar-refractivity contribution in [1.82, 2.24) is 25.1 Å². The number of imidazole rings is 1. The van der Waals surface area contributed by atoms with Gasteiger partial charge in [0.05, 0.1) is 12.4 Å². The first kappa shape index (κ1) is 14.5. The molecule has 2 heterocycles. The van der Waals surface area contributed by atoms with Gasteiger partial charge in [0.15, 0.2) is 0 Å². The van der Waals surface area contributed by atoms with E-state index in [4.69, 9.17) is 4.42 Å². The first-order valence-electron chi connectivity index (χ1n) is 7.06. The van der Waals surface area contributed by atoms with Gasteiger partial charge in [-0.1, -0.05) is 12.0 Å². The molecule has 20 heavy (non-hydrogen) atoms. The van der Waals surface area contributed by atoms with Crippen molar-refractivity contribution in [3.8, 4) is 0 Å². The van der Waals surface area contributed by atoms with E-state index >= 15 is 0 Å². The quantitative estimate of drug-likeness (QED) is 0.681. The molecule has 2 N–H and O–H groups in total. The fourth-order valence-corrected chi connectivity index (χ4v) is 1.81. The summed E-state index contributed by atoms with van der Waals surface area (Å²) in [6.07, 6.45) is 7.59. The molecule has 2 aromatic rings. The van der Waals surface area contributed by atoms with Gasteiger partial charge >= 0.3 is 6.01 Å². The molecule has 110 valence electrons. The van der Waals surface area contributed by atoms with E-state index in [9.17, 15) is 0 Å². The summed E-state index contributed by atoms with van der Waals surface area (Å²) < 4.78 is 7.60. The van der Waals surface area contributed by atoms with E-state index < -0.39 is 0 Å². The van der Waals surface area contributed by atoms with Crippen LogP contribution in [0.25, 0.3) is 0 Å².